The zero-order valence-corrected chi connectivity index (χ0v) is 24.1. The Morgan fingerprint density at radius 2 is 1.50 bits per heavy atom. The molecule has 2 N–H and O–H groups in total. The third kappa shape index (κ3) is 9.51. The third-order valence-electron chi connectivity index (χ3n) is 6.29. The maximum absolute atomic E-state index is 13.9. The van der Waals surface area contributed by atoms with E-state index < -0.39 is 23.8 Å². The van der Waals surface area contributed by atoms with Gasteiger partial charge in [0.05, 0.1) is 0 Å². The van der Waals surface area contributed by atoms with Gasteiger partial charge in [0, 0.05) is 12.2 Å². The zero-order valence-electron chi connectivity index (χ0n) is 24.1. The standard InChI is InChI=1S/C31H45N3O4/c1-8-9-10-11-15-21-34(29(36)24(4)32-30(37)38-31(5,6)7)27(25-19-13-12-14-20-25)28(35)33-26-22(2)17-16-18-23(26)3/h12-14,16-20,24,27H,8-11,15,21H2,1-7H3,(H,32,37)(H,33,35). The summed E-state index contributed by atoms with van der Waals surface area (Å²) in [4.78, 5) is 41.8. The van der Waals surface area contributed by atoms with E-state index in [1.54, 1.807) is 32.6 Å². The van der Waals surface area contributed by atoms with Gasteiger partial charge in [-0.2, -0.15) is 0 Å². The summed E-state index contributed by atoms with van der Waals surface area (Å²) in [5, 5.41) is 5.75. The van der Waals surface area contributed by atoms with Crippen LogP contribution in [-0.2, 0) is 14.3 Å². The quantitative estimate of drug-likeness (QED) is 0.303. The number of unbranched alkanes of at least 4 members (excludes halogenated alkanes) is 4. The lowest BCUT2D eigenvalue weighted by Gasteiger charge is -2.34. The predicted octanol–water partition coefficient (Wildman–Crippen LogP) is 6.70. The van der Waals surface area contributed by atoms with Crippen LogP contribution >= 0.6 is 0 Å². The van der Waals surface area contributed by atoms with Crippen molar-refractivity contribution in [3.8, 4) is 0 Å². The van der Waals surface area contributed by atoms with Gasteiger partial charge in [-0.1, -0.05) is 81.1 Å². The summed E-state index contributed by atoms with van der Waals surface area (Å²) < 4.78 is 5.36. The molecule has 7 heteroatoms. The van der Waals surface area contributed by atoms with Gasteiger partial charge in [0.1, 0.15) is 17.7 Å². The van der Waals surface area contributed by atoms with Crippen molar-refractivity contribution in [3.05, 3.63) is 65.2 Å². The Hall–Kier alpha value is -3.35. The summed E-state index contributed by atoms with van der Waals surface area (Å²) in [5.41, 5.74) is 2.66. The molecule has 2 rings (SSSR count). The number of ether oxygens (including phenoxy) is 1. The van der Waals surface area contributed by atoms with E-state index in [9.17, 15) is 14.4 Å². The number of carbonyl (C=O) groups is 3. The number of nitrogens with one attached hydrogen (secondary N) is 2. The van der Waals surface area contributed by atoms with Crippen LogP contribution in [0.15, 0.2) is 48.5 Å². The first kappa shape index (κ1) is 30.9. The molecule has 0 aliphatic heterocycles. The fourth-order valence-corrected chi connectivity index (χ4v) is 4.36. The first-order valence-electron chi connectivity index (χ1n) is 13.7. The van der Waals surface area contributed by atoms with Gasteiger partial charge in [0.2, 0.25) is 5.91 Å². The number of benzene rings is 2. The average Bonchev–Trinajstić information content (AvgIpc) is 2.84. The largest absolute Gasteiger partial charge is 0.444 e. The molecule has 0 aliphatic carbocycles. The van der Waals surface area contributed by atoms with Gasteiger partial charge in [0.15, 0.2) is 0 Å². The van der Waals surface area contributed by atoms with Gasteiger partial charge < -0.3 is 20.3 Å². The summed E-state index contributed by atoms with van der Waals surface area (Å²) >= 11 is 0. The molecule has 0 aliphatic rings. The molecule has 0 radical (unpaired) electrons. The second-order valence-corrected chi connectivity index (χ2v) is 10.9. The Morgan fingerprint density at radius 1 is 0.895 bits per heavy atom. The Bertz CT molecular complexity index is 1040. The van der Waals surface area contributed by atoms with Crippen LogP contribution in [0.1, 0.15) is 89.5 Å². The molecule has 2 unspecified atom stereocenters. The van der Waals surface area contributed by atoms with Crippen molar-refractivity contribution in [2.45, 2.75) is 98.3 Å². The highest BCUT2D eigenvalue weighted by atomic mass is 16.6. The van der Waals surface area contributed by atoms with Crippen LogP contribution in [0.4, 0.5) is 10.5 Å². The molecule has 208 valence electrons. The van der Waals surface area contributed by atoms with E-state index in [2.05, 4.69) is 17.6 Å². The lowest BCUT2D eigenvalue weighted by molar-refractivity contribution is -0.140. The molecule has 2 aromatic carbocycles. The summed E-state index contributed by atoms with van der Waals surface area (Å²) in [6, 6.07) is 13.4. The highest BCUT2D eigenvalue weighted by Gasteiger charge is 2.34. The second kappa shape index (κ2) is 14.6. The lowest BCUT2D eigenvalue weighted by Crippen LogP contribution is -2.51. The topological polar surface area (TPSA) is 87.7 Å². The molecule has 0 spiro atoms. The molecule has 0 heterocycles. The number of aryl methyl sites for hydroxylation is 2. The van der Waals surface area contributed by atoms with E-state index in [1.165, 1.54) is 0 Å². The molecule has 0 saturated heterocycles. The Morgan fingerprint density at radius 3 is 2.08 bits per heavy atom. The fraction of sp³-hybridized carbons (Fsp3) is 0.516. The molecule has 0 saturated carbocycles. The maximum atomic E-state index is 13.9. The summed E-state index contributed by atoms with van der Waals surface area (Å²) in [5.74, 6) is -0.628. The number of nitrogens with zero attached hydrogens (tertiary/aromatic N) is 1. The molecular formula is C31H45N3O4. The molecule has 0 aromatic heterocycles. The smallest absolute Gasteiger partial charge is 0.408 e. The SMILES string of the molecule is CCCCCCCN(C(=O)C(C)NC(=O)OC(C)(C)C)C(C(=O)Nc1c(C)cccc1C)c1ccccc1. The van der Waals surface area contributed by atoms with Crippen LogP contribution in [0.3, 0.4) is 0 Å². The highest BCUT2D eigenvalue weighted by Crippen LogP contribution is 2.27. The van der Waals surface area contributed by atoms with Crippen LogP contribution in [0.5, 0.6) is 0 Å². The molecule has 7 nitrogen and oxygen atoms in total. The minimum atomic E-state index is -0.875. The van der Waals surface area contributed by atoms with Crippen LogP contribution < -0.4 is 10.6 Å². The molecular weight excluding hydrogens is 478 g/mol. The predicted molar refractivity (Wildman–Crippen MR) is 153 cm³/mol. The minimum Gasteiger partial charge on any atom is -0.444 e. The van der Waals surface area contributed by atoms with E-state index >= 15 is 0 Å². The van der Waals surface area contributed by atoms with Crippen LogP contribution in [0.25, 0.3) is 0 Å². The van der Waals surface area contributed by atoms with E-state index in [1.807, 2.05) is 62.4 Å². The van der Waals surface area contributed by atoms with Crippen molar-refractivity contribution in [3.63, 3.8) is 0 Å². The fourth-order valence-electron chi connectivity index (χ4n) is 4.36. The number of hydrogen-bond donors (Lipinski definition) is 2. The third-order valence-corrected chi connectivity index (χ3v) is 6.29. The molecule has 2 aromatic rings. The van der Waals surface area contributed by atoms with E-state index in [0.29, 0.717) is 12.1 Å². The number of rotatable bonds is 12. The van der Waals surface area contributed by atoms with Crippen molar-refractivity contribution in [2.24, 2.45) is 0 Å². The number of anilines is 1. The zero-order chi connectivity index (χ0) is 28.3. The van der Waals surface area contributed by atoms with Crippen LogP contribution in [0, 0.1) is 13.8 Å². The number of para-hydroxylation sites is 1. The van der Waals surface area contributed by atoms with Crippen molar-refractivity contribution in [1.82, 2.24) is 10.2 Å². The molecule has 38 heavy (non-hydrogen) atoms. The van der Waals surface area contributed by atoms with Gasteiger partial charge in [-0.3, -0.25) is 9.59 Å². The molecule has 0 fully saturated rings. The summed E-state index contributed by atoms with van der Waals surface area (Å²) in [7, 11) is 0. The first-order valence-corrected chi connectivity index (χ1v) is 13.7. The Balaban J connectivity index is 2.41. The van der Waals surface area contributed by atoms with Gasteiger partial charge in [0.25, 0.3) is 5.91 Å². The van der Waals surface area contributed by atoms with Crippen molar-refractivity contribution >= 4 is 23.6 Å². The normalized spacial score (nSPS) is 12.8. The molecule has 3 amide bonds. The summed E-state index contributed by atoms with van der Waals surface area (Å²) in [6.45, 7) is 13.4. The Kier molecular flexibility index (Phi) is 11.8. The van der Waals surface area contributed by atoms with Gasteiger partial charge in [-0.05, 0) is 64.7 Å². The van der Waals surface area contributed by atoms with Crippen molar-refractivity contribution < 1.29 is 19.1 Å². The number of alkyl carbamates (subject to hydrolysis) is 1. The summed E-state index contributed by atoms with van der Waals surface area (Å²) in [6.07, 6.45) is 4.34. The number of hydrogen-bond acceptors (Lipinski definition) is 4. The van der Waals surface area contributed by atoms with Crippen LogP contribution in [-0.4, -0.2) is 41.0 Å². The maximum Gasteiger partial charge on any atom is 0.408 e. The van der Waals surface area contributed by atoms with E-state index in [0.717, 1.165) is 48.9 Å². The van der Waals surface area contributed by atoms with Gasteiger partial charge in [-0.25, -0.2) is 4.79 Å². The molecule has 0 bridgehead atoms. The van der Waals surface area contributed by atoms with Crippen molar-refractivity contribution in [2.75, 3.05) is 11.9 Å². The average molecular weight is 524 g/mol. The number of carbonyl (C=O) groups excluding carboxylic acids is 3. The van der Waals surface area contributed by atoms with Crippen LogP contribution in [0.2, 0.25) is 0 Å². The molecule has 2 atom stereocenters. The Labute approximate surface area is 228 Å². The van der Waals surface area contributed by atoms with E-state index in [-0.39, 0.29) is 11.8 Å². The van der Waals surface area contributed by atoms with Crippen molar-refractivity contribution in [1.29, 1.82) is 0 Å². The van der Waals surface area contributed by atoms with E-state index in [4.69, 9.17) is 4.74 Å². The number of amides is 3. The monoisotopic (exact) mass is 523 g/mol. The van der Waals surface area contributed by atoms with Gasteiger partial charge in [-0.15, -0.1) is 0 Å². The minimum absolute atomic E-state index is 0.292. The van der Waals surface area contributed by atoms with Gasteiger partial charge >= 0.3 is 6.09 Å². The first-order chi connectivity index (χ1) is 17.9. The highest BCUT2D eigenvalue weighted by molar-refractivity contribution is 5.99. The lowest BCUT2D eigenvalue weighted by atomic mass is 10.0. The second-order valence-electron chi connectivity index (χ2n) is 10.9.